The average molecular weight is 401 g/mol. The zero-order chi connectivity index (χ0) is 20.1. The summed E-state index contributed by atoms with van der Waals surface area (Å²) in [5.74, 6) is 0.595. The first-order valence-electron chi connectivity index (χ1n) is 9.09. The SMILES string of the molecule is C=CCNS(=O)(=O)c1cccc(C(=O)N(Cc2ccc(OC)cc2)C2CC2)c1. The molecule has 1 fully saturated rings. The first-order valence-corrected chi connectivity index (χ1v) is 10.6. The fourth-order valence-electron chi connectivity index (χ4n) is 2.89. The van der Waals surface area contributed by atoms with Crippen molar-refractivity contribution in [3.8, 4) is 5.75 Å². The van der Waals surface area contributed by atoms with Crippen molar-refractivity contribution in [3.63, 3.8) is 0 Å². The summed E-state index contributed by atoms with van der Waals surface area (Å²) in [5, 5.41) is 0. The van der Waals surface area contributed by atoms with Gasteiger partial charge in [0.25, 0.3) is 5.91 Å². The molecule has 0 spiro atoms. The van der Waals surface area contributed by atoms with Crippen molar-refractivity contribution in [2.45, 2.75) is 30.3 Å². The zero-order valence-electron chi connectivity index (χ0n) is 15.8. The van der Waals surface area contributed by atoms with Crippen molar-refractivity contribution < 1.29 is 17.9 Å². The van der Waals surface area contributed by atoms with Crippen LogP contribution in [-0.2, 0) is 16.6 Å². The number of rotatable bonds is 9. The van der Waals surface area contributed by atoms with Crippen LogP contribution in [0, 0.1) is 0 Å². The second-order valence-corrected chi connectivity index (χ2v) is 8.45. The number of ether oxygens (including phenoxy) is 1. The Kier molecular flexibility index (Phi) is 6.16. The standard InChI is InChI=1S/C21H24N2O4S/c1-3-13-22-28(25,26)20-6-4-5-17(14-20)21(24)23(18-9-10-18)15-16-7-11-19(27-2)12-8-16/h3-8,11-12,14,18,22H,1,9-10,13,15H2,2H3. The highest BCUT2D eigenvalue weighted by Crippen LogP contribution is 2.30. The molecule has 0 aromatic heterocycles. The predicted molar refractivity (Wildman–Crippen MR) is 108 cm³/mol. The number of sulfonamides is 1. The highest BCUT2D eigenvalue weighted by molar-refractivity contribution is 7.89. The summed E-state index contributed by atoms with van der Waals surface area (Å²) in [4.78, 5) is 15.0. The second kappa shape index (κ2) is 8.58. The molecule has 7 heteroatoms. The minimum absolute atomic E-state index is 0.0698. The molecular weight excluding hydrogens is 376 g/mol. The third-order valence-corrected chi connectivity index (χ3v) is 5.99. The highest BCUT2D eigenvalue weighted by atomic mass is 32.2. The number of carbonyl (C=O) groups is 1. The summed E-state index contributed by atoms with van der Waals surface area (Å²) in [6.07, 6.45) is 3.39. The van der Waals surface area contributed by atoms with Gasteiger partial charge >= 0.3 is 0 Å². The Bertz CT molecular complexity index is 951. The van der Waals surface area contributed by atoms with Crippen LogP contribution in [0.5, 0.6) is 5.75 Å². The van der Waals surface area contributed by atoms with Crippen molar-refractivity contribution >= 4 is 15.9 Å². The topological polar surface area (TPSA) is 75.7 Å². The number of nitrogens with one attached hydrogen (secondary N) is 1. The van der Waals surface area contributed by atoms with E-state index in [1.54, 1.807) is 19.2 Å². The van der Waals surface area contributed by atoms with Gasteiger partial charge in [0, 0.05) is 24.7 Å². The van der Waals surface area contributed by atoms with Crippen LogP contribution in [-0.4, -0.2) is 38.9 Å². The summed E-state index contributed by atoms with van der Waals surface area (Å²) in [6, 6.07) is 13.9. The highest BCUT2D eigenvalue weighted by Gasteiger charge is 2.33. The lowest BCUT2D eigenvalue weighted by atomic mass is 10.1. The van der Waals surface area contributed by atoms with Crippen LogP contribution in [0.15, 0.2) is 66.1 Å². The van der Waals surface area contributed by atoms with Gasteiger partial charge in [-0.05, 0) is 48.7 Å². The van der Waals surface area contributed by atoms with E-state index in [0.717, 1.165) is 24.2 Å². The lowest BCUT2D eigenvalue weighted by Crippen LogP contribution is -2.33. The molecule has 0 bridgehead atoms. The second-order valence-electron chi connectivity index (χ2n) is 6.68. The Labute approximate surface area is 165 Å². The van der Waals surface area contributed by atoms with Gasteiger partial charge in [-0.3, -0.25) is 4.79 Å². The van der Waals surface area contributed by atoms with E-state index in [1.165, 1.54) is 18.2 Å². The lowest BCUT2D eigenvalue weighted by molar-refractivity contribution is 0.0729. The molecule has 0 radical (unpaired) electrons. The van der Waals surface area contributed by atoms with Gasteiger partial charge in [0.1, 0.15) is 5.75 Å². The van der Waals surface area contributed by atoms with Crippen LogP contribution in [0.1, 0.15) is 28.8 Å². The van der Waals surface area contributed by atoms with Crippen LogP contribution in [0.3, 0.4) is 0 Å². The molecule has 6 nitrogen and oxygen atoms in total. The fraction of sp³-hybridized carbons (Fsp3) is 0.286. The molecule has 2 aromatic carbocycles. The molecule has 1 saturated carbocycles. The van der Waals surface area contributed by atoms with Gasteiger partial charge in [0.05, 0.1) is 12.0 Å². The van der Waals surface area contributed by atoms with Crippen molar-refractivity contribution in [2.24, 2.45) is 0 Å². The van der Waals surface area contributed by atoms with E-state index in [2.05, 4.69) is 11.3 Å². The minimum Gasteiger partial charge on any atom is -0.497 e. The number of benzene rings is 2. The third kappa shape index (κ3) is 4.79. The first-order chi connectivity index (χ1) is 13.4. The van der Waals surface area contributed by atoms with Crippen LogP contribution in [0.4, 0.5) is 0 Å². The molecule has 1 amide bonds. The smallest absolute Gasteiger partial charge is 0.254 e. The van der Waals surface area contributed by atoms with Crippen LogP contribution < -0.4 is 9.46 Å². The molecule has 0 heterocycles. The molecule has 148 valence electrons. The molecular formula is C21H24N2O4S. The monoisotopic (exact) mass is 400 g/mol. The molecule has 28 heavy (non-hydrogen) atoms. The Morgan fingerprint density at radius 1 is 1.25 bits per heavy atom. The number of methoxy groups -OCH3 is 1. The van der Waals surface area contributed by atoms with Gasteiger partial charge < -0.3 is 9.64 Å². The quantitative estimate of drug-likeness (QED) is 0.657. The van der Waals surface area contributed by atoms with Crippen LogP contribution >= 0.6 is 0 Å². The number of hydrogen-bond acceptors (Lipinski definition) is 4. The third-order valence-electron chi connectivity index (χ3n) is 4.57. The Morgan fingerprint density at radius 2 is 1.96 bits per heavy atom. The van der Waals surface area contributed by atoms with Gasteiger partial charge in [-0.15, -0.1) is 6.58 Å². The molecule has 0 unspecified atom stereocenters. The summed E-state index contributed by atoms with van der Waals surface area (Å²) < 4.78 is 32.3. The Hall–Kier alpha value is -2.64. The molecule has 1 N–H and O–H groups in total. The Morgan fingerprint density at radius 3 is 2.57 bits per heavy atom. The zero-order valence-corrected chi connectivity index (χ0v) is 16.6. The number of hydrogen-bond donors (Lipinski definition) is 1. The lowest BCUT2D eigenvalue weighted by Gasteiger charge is -2.23. The molecule has 1 aliphatic rings. The van der Waals surface area contributed by atoms with Crippen molar-refractivity contribution in [1.29, 1.82) is 0 Å². The maximum Gasteiger partial charge on any atom is 0.254 e. The molecule has 2 aromatic rings. The fourth-order valence-corrected chi connectivity index (χ4v) is 3.94. The number of amides is 1. The summed E-state index contributed by atoms with van der Waals surface area (Å²) in [7, 11) is -2.07. The normalized spacial score (nSPS) is 13.8. The van der Waals surface area contributed by atoms with E-state index in [4.69, 9.17) is 4.74 Å². The van der Waals surface area contributed by atoms with E-state index in [0.29, 0.717) is 12.1 Å². The van der Waals surface area contributed by atoms with E-state index in [-0.39, 0.29) is 23.4 Å². The van der Waals surface area contributed by atoms with E-state index < -0.39 is 10.0 Å². The van der Waals surface area contributed by atoms with Gasteiger partial charge in [-0.25, -0.2) is 13.1 Å². The van der Waals surface area contributed by atoms with Gasteiger partial charge in [0.15, 0.2) is 0 Å². The molecule has 0 saturated heterocycles. The first kappa shape index (κ1) is 20.1. The van der Waals surface area contributed by atoms with Gasteiger partial charge in [0.2, 0.25) is 10.0 Å². The number of nitrogens with zero attached hydrogens (tertiary/aromatic N) is 1. The van der Waals surface area contributed by atoms with E-state index in [1.807, 2.05) is 29.2 Å². The van der Waals surface area contributed by atoms with Gasteiger partial charge in [-0.2, -0.15) is 0 Å². The maximum absolute atomic E-state index is 13.1. The average Bonchev–Trinajstić information content (AvgIpc) is 3.56. The van der Waals surface area contributed by atoms with E-state index in [9.17, 15) is 13.2 Å². The van der Waals surface area contributed by atoms with Crippen molar-refractivity contribution in [2.75, 3.05) is 13.7 Å². The van der Waals surface area contributed by atoms with E-state index >= 15 is 0 Å². The molecule has 0 atom stereocenters. The largest absolute Gasteiger partial charge is 0.497 e. The Balaban J connectivity index is 1.81. The summed E-state index contributed by atoms with van der Waals surface area (Å²) in [6.45, 7) is 4.11. The summed E-state index contributed by atoms with van der Waals surface area (Å²) >= 11 is 0. The maximum atomic E-state index is 13.1. The molecule has 3 rings (SSSR count). The summed E-state index contributed by atoms with van der Waals surface area (Å²) in [5.41, 5.74) is 1.36. The van der Waals surface area contributed by atoms with Crippen LogP contribution in [0.2, 0.25) is 0 Å². The predicted octanol–water partition coefficient (Wildman–Crippen LogP) is 2.96. The van der Waals surface area contributed by atoms with Crippen molar-refractivity contribution in [3.05, 3.63) is 72.3 Å². The van der Waals surface area contributed by atoms with Crippen molar-refractivity contribution in [1.82, 2.24) is 9.62 Å². The molecule has 0 aliphatic heterocycles. The number of carbonyl (C=O) groups excluding carboxylic acids is 1. The van der Waals surface area contributed by atoms with Crippen LogP contribution in [0.25, 0.3) is 0 Å². The molecule has 1 aliphatic carbocycles. The van der Waals surface area contributed by atoms with Gasteiger partial charge in [-0.1, -0.05) is 24.3 Å². The minimum atomic E-state index is -3.68.